The average molecular weight is 304 g/mol. The van der Waals surface area contributed by atoms with Gasteiger partial charge in [0.2, 0.25) is 11.8 Å². The van der Waals surface area contributed by atoms with Gasteiger partial charge >= 0.3 is 0 Å². The summed E-state index contributed by atoms with van der Waals surface area (Å²) in [4.78, 5) is 26.0. The van der Waals surface area contributed by atoms with Gasteiger partial charge in [-0.15, -0.1) is 0 Å². The Kier molecular flexibility index (Phi) is 5.55. The average Bonchev–Trinajstić information content (AvgIpc) is 2.49. The third-order valence-electron chi connectivity index (χ3n) is 4.08. The van der Waals surface area contributed by atoms with Crippen LogP contribution in [0.15, 0.2) is 24.3 Å². The van der Waals surface area contributed by atoms with Crippen LogP contribution >= 0.6 is 0 Å². The Hall–Kier alpha value is -1.88. The second-order valence-electron chi connectivity index (χ2n) is 6.04. The van der Waals surface area contributed by atoms with Gasteiger partial charge in [-0.3, -0.25) is 9.59 Å². The number of rotatable bonds is 6. The second-order valence-corrected chi connectivity index (χ2v) is 6.04. The number of carbonyl (C=O) groups excluding carboxylic acids is 2. The Morgan fingerprint density at radius 1 is 1.32 bits per heavy atom. The maximum Gasteiger partial charge on any atom is 0.240 e. The Morgan fingerprint density at radius 3 is 2.73 bits per heavy atom. The number of hydrogen-bond donors (Lipinski definition) is 2. The monoisotopic (exact) mass is 304 g/mol. The molecule has 1 aromatic carbocycles. The lowest BCUT2D eigenvalue weighted by atomic mass is 10.0. The topological polar surface area (TPSA) is 69.6 Å². The van der Waals surface area contributed by atoms with Crippen LogP contribution in [-0.4, -0.2) is 36.1 Å². The van der Waals surface area contributed by atoms with E-state index < -0.39 is 0 Å². The molecule has 1 aliphatic rings. The van der Waals surface area contributed by atoms with Gasteiger partial charge in [-0.25, -0.2) is 0 Å². The van der Waals surface area contributed by atoms with Crippen LogP contribution in [0.3, 0.4) is 0 Å². The van der Waals surface area contributed by atoms with Crippen molar-refractivity contribution in [2.24, 2.45) is 5.92 Å². The molecule has 1 unspecified atom stereocenters. The van der Waals surface area contributed by atoms with Gasteiger partial charge in [0.15, 0.2) is 0 Å². The van der Waals surface area contributed by atoms with Crippen molar-refractivity contribution in [1.29, 1.82) is 0 Å². The molecular formula is C17H24N2O3. The molecule has 120 valence electrons. The number of nitrogens with one attached hydrogen (secondary N) is 1. The summed E-state index contributed by atoms with van der Waals surface area (Å²) in [6, 6.07) is 7.63. The van der Waals surface area contributed by atoms with Crippen LogP contribution in [0.1, 0.15) is 32.3 Å². The van der Waals surface area contributed by atoms with Crippen molar-refractivity contribution in [1.82, 2.24) is 5.32 Å². The smallest absolute Gasteiger partial charge is 0.240 e. The second kappa shape index (κ2) is 7.40. The Balaban J connectivity index is 2.06. The van der Waals surface area contributed by atoms with E-state index in [1.54, 1.807) is 4.90 Å². The van der Waals surface area contributed by atoms with Gasteiger partial charge in [0.05, 0.1) is 0 Å². The molecular weight excluding hydrogens is 280 g/mol. The minimum atomic E-state index is -0.183. The van der Waals surface area contributed by atoms with Gasteiger partial charge in [0.1, 0.15) is 6.54 Å². The van der Waals surface area contributed by atoms with E-state index >= 15 is 0 Å². The van der Waals surface area contributed by atoms with E-state index in [2.05, 4.69) is 5.32 Å². The minimum Gasteiger partial charge on any atom is -0.396 e. The highest BCUT2D eigenvalue weighted by Crippen LogP contribution is 2.27. The first kappa shape index (κ1) is 16.5. The van der Waals surface area contributed by atoms with Crippen LogP contribution in [0.4, 0.5) is 5.69 Å². The van der Waals surface area contributed by atoms with E-state index in [0.717, 1.165) is 17.7 Å². The minimum absolute atomic E-state index is 0.0166. The van der Waals surface area contributed by atoms with Crippen molar-refractivity contribution in [2.75, 3.05) is 18.1 Å². The van der Waals surface area contributed by atoms with Gasteiger partial charge in [-0.05, 0) is 30.4 Å². The third kappa shape index (κ3) is 3.85. The van der Waals surface area contributed by atoms with Crippen molar-refractivity contribution in [3.8, 4) is 0 Å². The Labute approximate surface area is 131 Å². The summed E-state index contributed by atoms with van der Waals surface area (Å²) >= 11 is 0. The quantitative estimate of drug-likeness (QED) is 0.836. The fourth-order valence-electron chi connectivity index (χ4n) is 2.78. The normalized spacial score (nSPS) is 15.6. The number of para-hydroxylation sites is 1. The molecule has 0 bridgehead atoms. The van der Waals surface area contributed by atoms with Gasteiger partial charge < -0.3 is 15.3 Å². The fourth-order valence-corrected chi connectivity index (χ4v) is 2.78. The van der Waals surface area contributed by atoms with E-state index in [9.17, 15) is 9.59 Å². The highest BCUT2D eigenvalue weighted by Gasteiger charge is 2.26. The first-order chi connectivity index (χ1) is 10.5. The van der Waals surface area contributed by atoms with Gasteiger partial charge in [0.25, 0.3) is 0 Å². The zero-order valence-corrected chi connectivity index (χ0v) is 13.2. The number of aryl methyl sites for hydroxylation is 1. The molecule has 2 rings (SSSR count). The number of anilines is 1. The predicted molar refractivity (Wildman–Crippen MR) is 85.6 cm³/mol. The van der Waals surface area contributed by atoms with Crippen molar-refractivity contribution in [3.63, 3.8) is 0 Å². The Bertz CT molecular complexity index is 542. The summed E-state index contributed by atoms with van der Waals surface area (Å²) in [5.74, 6) is 0.0368. The molecule has 2 amide bonds. The summed E-state index contributed by atoms with van der Waals surface area (Å²) < 4.78 is 0. The predicted octanol–water partition coefficient (Wildman–Crippen LogP) is 1.49. The van der Waals surface area contributed by atoms with Crippen LogP contribution in [0.2, 0.25) is 0 Å². The van der Waals surface area contributed by atoms with Crippen LogP contribution in [0, 0.1) is 5.92 Å². The summed E-state index contributed by atoms with van der Waals surface area (Å²) in [6.45, 7) is 4.07. The summed E-state index contributed by atoms with van der Waals surface area (Å²) in [7, 11) is 0. The number of benzene rings is 1. The van der Waals surface area contributed by atoms with Crippen molar-refractivity contribution in [2.45, 2.75) is 39.2 Å². The van der Waals surface area contributed by atoms with E-state index in [1.165, 1.54) is 0 Å². The highest BCUT2D eigenvalue weighted by molar-refractivity contribution is 6.01. The zero-order valence-electron chi connectivity index (χ0n) is 13.2. The molecule has 0 aromatic heterocycles. The van der Waals surface area contributed by atoms with Gasteiger partial charge in [0, 0.05) is 24.8 Å². The van der Waals surface area contributed by atoms with Crippen LogP contribution < -0.4 is 10.2 Å². The summed E-state index contributed by atoms with van der Waals surface area (Å²) in [6.07, 6.45) is 1.69. The lowest BCUT2D eigenvalue weighted by Gasteiger charge is -2.30. The zero-order chi connectivity index (χ0) is 16.1. The van der Waals surface area contributed by atoms with Gasteiger partial charge in [-0.2, -0.15) is 0 Å². The molecule has 0 aliphatic carbocycles. The molecule has 1 atom stereocenters. The molecule has 0 fully saturated rings. The first-order valence-corrected chi connectivity index (χ1v) is 7.81. The lowest BCUT2D eigenvalue weighted by Crippen LogP contribution is -2.47. The molecule has 0 saturated heterocycles. The molecule has 0 radical (unpaired) electrons. The van der Waals surface area contributed by atoms with Crippen molar-refractivity contribution >= 4 is 17.5 Å². The molecule has 5 heteroatoms. The van der Waals surface area contributed by atoms with E-state index in [-0.39, 0.29) is 36.9 Å². The molecule has 1 aliphatic heterocycles. The van der Waals surface area contributed by atoms with Gasteiger partial charge in [-0.1, -0.05) is 32.0 Å². The third-order valence-corrected chi connectivity index (χ3v) is 4.08. The first-order valence-electron chi connectivity index (χ1n) is 7.81. The van der Waals surface area contributed by atoms with Crippen molar-refractivity contribution in [3.05, 3.63) is 29.8 Å². The molecule has 0 saturated carbocycles. The van der Waals surface area contributed by atoms with Crippen LogP contribution in [0.5, 0.6) is 0 Å². The number of carbonyl (C=O) groups is 2. The summed E-state index contributed by atoms with van der Waals surface area (Å²) in [5.41, 5.74) is 1.93. The van der Waals surface area contributed by atoms with E-state index in [4.69, 9.17) is 5.11 Å². The number of nitrogens with zero attached hydrogens (tertiary/aromatic N) is 1. The molecule has 0 spiro atoms. The van der Waals surface area contributed by atoms with Crippen molar-refractivity contribution < 1.29 is 14.7 Å². The molecule has 2 N–H and O–H groups in total. The molecule has 22 heavy (non-hydrogen) atoms. The van der Waals surface area contributed by atoms with Crippen LogP contribution in [-0.2, 0) is 16.0 Å². The SMILES string of the molecule is CC(C)C(CCO)NC(=O)CN1C(=O)CCc2ccccc21. The number of fused-ring (bicyclic) bond motifs is 1. The molecule has 5 nitrogen and oxygen atoms in total. The maximum atomic E-state index is 12.3. The maximum absolute atomic E-state index is 12.3. The lowest BCUT2D eigenvalue weighted by molar-refractivity contribution is -0.124. The molecule has 1 aromatic rings. The number of hydrogen-bond acceptors (Lipinski definition) is 3. The molecule has 1 heterocycles. The fraction of sp³-hybridized carbons (Fsp3) is 0.529. The number of aliphatic hydroxyl groups is 1. The highest BCUT2D eigenvalue weighted by atomic mass is 16.3. The van der Waals surface area contributed by atoms with E-state index in [0.29, 0.717) is 12.8 Å². The standard InChI is InChI=1S/C17H24N2O3/c1-12(2)14(9-10-20)18-16(21)11-19-15-6-4-3-5-13(15)7-8-17(19)22/h3-6,12,14,20H,7-11H2,1-2H3,(H,18,21). The summed E-state index contributed by atoms with van der Waals surface area (Å²) in [5, 5.41) is 12.0. The van der Waals surface area contributed by atoms with Crippen LogP contribution in [0.25, 0.3) is 0 Å². The Morgan fingerprint density at radius 2 is 2.05 bits per heavy atom. The number of aliphatic hydroxyl groups excluding tert-OH is 1. The number of amides is 2. The largest absolute Gasteiger partial charge is 0.396 e. The van der Waals surface area contributed by atoms with E-state index in [1.807, 2.05) is 38.1 Å².